The molecule has 0 radical (unpaired) electrons. The summed E-state index contributed by atoms with van der Waals surface area (Å²) >= 11 is 0. The van der Waals surface area contributed by atoms with Crippen molar-refractivity contribution in [3.8, 4) is 22.5 Å². The van der Waals surface area contributed by atoms with Crippen LogP contribution in [0.1, 0.15) is 17.3 Å². The molecule has 6 aromatic carbocycles. The second-order valence-electron chi connectivity index (χ2n) is 10.6. The first-order valence-electron chi connectivity index (χ1n) is 13.9. The Labute approximate surface area is 237 Å². The molecule has 0 saturated carbocycles. The van der Waals surface area contributed by atoms with Gasteiger partial charge in [-0.1, -0.05) is 78.9 Å². The van der Waals surface area contributed by atoms with Crippen molar-refractivity contribution in [2.45, 2.75) is 6.92 Å². The quantitative estimate of drug-likeness (QED) is 0.210. The molecule has 0 N–H and O–H groups in total. The van der Waals surface area contributed by atoms with E-state index in [0.29, 0.717) is 0 Å². The molecule has 41 heavy (non-hydrogen) atoms. The molecule has 0 atom stereocenters. The largest absolute Gasteiger partial charge is 0.309 e. The van der Waals surface area contributed by atoms with Crippen molar-refractivity contribution in [1.29, 1.82) is 0 Å². The molecule has 0 aliphatic carbocycles. The number of nitrogens with zero attached hydrogens (tertiary/aromatic N) is 2. The summed E-state index contributed by atoms with van der Waals surface area (Å²) in [7, 11) is 0. The molecular formula is C38H26N2O. The number of ketones is 1. The van der Waals surface area contributed by atoms with Crippen LogP contribution in [0, 0.1) is 0 Å². The molecule has 3 nitrogen and oxygen atoms in total. The van der Waals surface area contributed by atoms with Gasteiger partial charge in [-0.3, -0.25) is 4.79 Å². The van der Waals surface area contributed by atoms with Crippen LogP contribution in [0.15, 0.2) is 140 Å². The van der Waals surface area contributed by atoms with Gasteiger partial charge in [-0.15, -0.1) is 0 Å². The number of hydrogen-bond donors (Lipinski definition) is 0. The zero-order chi connectivity index (χ0) is 27.5. The molecule has 0 fully saturated rings. The maximum Gasteiger partial charge on any atom is 0.159 e. The molecular weight excluding hydrogens is 500 g/mol. The predicted molar refractivity (Wildman–Crippen MR) is 171 cm³/mol. The summed E-state index contributed by atoms with van der Waals surface area (Å²) < 4.78 is 4.63. The number of aromatic nitrogens is 2. The van der Waals surface area contributed by atoms with Crippen molar-refractivity contribution in [2.75, 3.05) is 0 Å². The first kappa shape index (κ1) is 23.5. The Hall–Kier alpha value is -5.41. The van der Waals surface area contributed by atoms with Gasteiger partial charge in [-0.05, 0) is 78.7 Å². The Morgan fingerprint density at radius 3 is 1.27 bits per heavy atom. The fourth-order valence-corrected chi connectivity index (χ4v) is 6.28. The van der Waals surface area contributed by atoms with E-state index >= 15 is 0 Å². The molecule has 0 aliphatic rings. The zero-order valence-electron chi connectivity index (χ0n) is 22.6. The van der Waals surface area contributed by atoms with E-state index in [0.717, 1.165) is 38.7 Å². The number of carbonyl (C=O) groups is 1. The lowest BCUT2D eigenvalue weighted by Crippen LogP contribution is -1.95. The molecule has 194 valence electrons. The van der Waals surface area contributed by atoms with E-state index in [-0.39, 0.29) is 5.78 Å². The number of carbonyl (C=O) groups excluding carboxylic acids is 1. The second-order valence-corrected chi connectivity index (χ2v) is 10.6. The summed E-state index contributed by atoms with van der Waals surface area (Å²) in [5.74, 6) is 0.0808. The van der Waals surface area contributed by atoms with Crippen LogP contribution < -0.4 is 0 Å². The van der Waals surface area contributed by atoms with E-state index < -0.39 is 0 Å². The van der Waals surface area contributed by atoms with Crippen LogP contribution in [0.25, 0.3) is 66.1 Å². The molecule has 0 saturated heterocycles. The Morgan fingerprint density at radius 1 is 0.439 bits per heavy atom. The monoisotopic (exact) mass is 526 g/mol. The van der Waals surface area contributed by atoms with Gasteiger partial charge in [0, 0.05) is 38.5 Å². The summed E-state index contributed by atoms with van der Waals surface area (Å²) in [6.07, 6.45) is 0. The van der Waals surface area contributed by atoms with Crippen LogP contribution in [0.4, 0.5) is 0 Å². The van der Waals surface area contributed by atoms with E-state index in [1.807, 2.05) is 12.1 Å². The standard InChI is InChI=1S/C38H26N2O/c1-25(41)28-18-23-38-34(24-28)33-10-4-7-13-37(33)40(38)30-21-16-27(17-22-30)26-14-19-29(20-15-26)39-35-11-5-2-8-31(35)32-9-3-6-12-36(32)39/h2-24H,1H3. The summed E-state index contributed by atoms with van der Waals surface area (Å²) in [5, 5.41) is 4.78. The van der Waals surface area contributed by atoms with Gasteiger partial charge in [0.15, 0.2) is 5.78 Å². The lowest BCUT2D eigenvalue weighted by atomic mass is 10.0. The molecule has 3 heteroatoms. The first-order chi connectivity index (χ1) is 20.2. The summed E-state index contributed by atoms with van der Waals surface area (Å²) in [4.78, 5) is 12.1. The third-order valence-electron chi connectivity index (χ3n) is 8.24. The van der Waals surface area contributed by atoms with Crippen LogP contribution in [-0.4, -0.2) is 14.9 Å². The lowest BCUT2D eigenvalue weighted by molar-refractivity contribution is 0.101. The van der Waals surface area contributed by atoms with Gasteiger partial charge < -0.3 is 9.13 Å². The Balaban J connectivity index is 1.19. The van der Waals surface area contributed by atoms with Gasteiger partial charge in [-0.2, -0.15) is 0 Å². The first-order valence-corrected chi connectivity index (χ1v) is 13.9. The van der Waals surface area contributed by atoms with Gasteiger partial charge in [0.25, 0.3) is 0 Å². The zero-order valence-corrected chi connectivity index (χ0v) is 22.6. The molecule has 2 heterocycles. The number of hydrogen-bond acceptors (Lipinski definition) is 1. The normalized spacial score (nSPS) is 11.6. The fraction of sp³-hybridized carbons (Fsp3) is 0.0263. The highest BCUT2D eigenvalue weighted by Crippen LogP contribution is 2.35. The molecule has 2 aromatic heterocycles. The van der Waals surface area contributed by atoms with Gasteiger partial charge in [0.2, 0.25) is 0 Å². The molecule has 0 aliphatic heterocycles. The van der Waals surface area contributed by atoms with E-state index in [4.69, 9.17) is 0 Å². The average Bonchev–Trinajstić information content (AvgIpc) is 3.54. The molecule has 8 rings (SSSR count). The second kappa shape index (κ2) is 9.07. The van der Waals surface area contributed by atoms with E-state index in [1.165, 1.54) is 32.9 Å². The third kappa shape index (κ3) is 3.63. The maximum absolute atomic E-state index is 12.1. The average molecular weight is 527 g/mol. The van der Waals surface area contributed by atoms with E-state index in [2.05, 4.69) is 137 Å². The molecule has 0 bridgehead atoms. The van der Waals surface area contributed by atoms with Crippen LogP contribution in [-0.2, 0) is 0 Å². The van der Waals surface area contributed by atoms with Crippen molar-refractivity contribution in [3.63, 3.8) is 0 Å². The van der Waals surface area contributed by atoms with E-state index in [1.54, 1.807) is 6.92 Å². The van der Waals surface area contributed by atoms with Crippen molar-refractivity contribution in [1.82, 2.24) is 9.13 Å². The maximum atomic E-state index is 12.1. The lowest BCUT2D eigenvalue weighted by Gasteiger charge is -2.11. The number of fused-ring (bicyclic) bond motifs is 6. The summed E-state index contributed by atoms with van der Waals surface area (Å²) in [6.45, 7) is 1.62. The minimum atomic E-state index is 0.0808. The minimum absolute atomic E-state index is 0.0808. The van der Waals surface area contributed by atoms with Crippen molar-refractivity contribution < 1.29 is 4.79 Å². The highest BCUT2D eigenvalue weighted by atomic mass is 16.1. The number of benzene rings is 6. The van der Waals surface area contributed by atoms with Crippen molar-refractivity contribution in [2.24, 2.45) is 0 Å². The minimum Gasteiger partial charge on any atom is -0.309 e. The SMILES string of the molecule is CC(=O)c1ccc2c(c1)c1ccccc1n2-c1ccc(-c2ccc(-n3c4ccccc4c4ccccc43)cc2)cc1. The smallest absolute Gasteiger partial charge is 0.159 e. The highest BCUT2D eigenvalue weighted by Gasteiger charge is 2.14. The fourth-order valence-electron chi connectivity index (χ4n) is 6.28. The molecule has 8 aromatic rings. The van der Waals surface area contributed by atoms with Crippen molar-refractivity contribution >= 4 is 49.4 Å². The number of para-hydroxylation sites is 3. The Kier molecular flexibility index (Phi) is 5.19. The summed E-state index contributed by atoms with van der Waals surface area (Å²) in [5.41, 5.74) is 9.98. The van der Waals surface area contributed by atoms with Gasteiger partial charge >= 0.3 is 0 Å². The van der Waals surface area contributed by atoms with Gasteiger partial charge in [0.1, 0.15) is 0 Å². The van der Waals surface area contributed by atoms with E-state index in [9.17, 15) is 4.79 Å². The van der Waals surface area contributed by atoms with Gasteiger partial charge in [0.05, 0.1) is 22.1 Å². The molecule has 0 spiro atoms. The van der Waals surface area contributed by atoms with Crippen molar-refractivity contribution in [3.05, 3.63) is 145 Å². The molecule has 0 unspecified atom stereocenters. The topological polar surface area (TPSA) is 26.9 Å². The number of Topliss-reactive ketones (excluding diaryl/α,β-unsaturated/α-hetero) is 1. The third-order valence-corrected chi connectivity index (χ3v) is 8.24. The number of rotatable bonds is 4. The summed E-state index contributed by atoms with van der Waals surface area (Å²) in [6, 6.07) is 49.2. The Bertz CT molecular complexity index is 2210. The highest BCUT2D eigenvalue weighted by molar-refractivity contribution is 6.12. The predicted octanol–water partition coefficient (Wildman–Crippen LogP) is 9.75. The van der Waals surface area contributed by atoms with Crippen LogP contribution in [0.5, 0.6) is 0 Å². The van der Waals surface area contributed by atoms with Crippen LogP contribution in [0.2, 0.25) is 0 Å². The van der Waals surface area contributed by atoms with Crippen LogP contribution in [0.3, 0.4) is 0 Å². The Morgan fingerprint density at radius 2 is 0.829 bits per heavy atom. The van der Waals surface area contributed by atoms with Gasteiger partial charge in [-0.25, -0.2) is 0 Å². The van der Waals surface area contributed by atoms with Crippen LogP contribution >= 0.6 is 0 Å². The molecule has 0 amide bonds.